The maximum Gasteiger partial charge on any atom is 0.271 e. The minimum atomic E-state index is -0.516. The highest BCUT2D eigenvalue weighted by atomic mass is 32.2. The molecule has 1 amide bonds. The van der Waals surface area contributed by atoms with Crippen LogP contribution in [0.15, 0.2) is 35.5 Å². The molecule has 0 radical (unpaired) electrons. The average molecular weight is 375 g/mol. The molecular formula is C16H18FN7OS. The number of thioether (sulfide) groups is 1. The number of hydrogen-bond acceptors (Lipinski definition) is 6. The molecule has 0 unspecified atom stereocenters. The number of benzene rings is 1. The lowest BCUT2D eigenvalue weighted by Crippen LogP contribution is -2.24. The number of aryl methyl sites for hydroxylation is 2. The van der Waals surface area contributed by atoms with Crippen LogP contribution in [0.1, 0.15) is 18.3 Å². The number of rotatable bonds is 5. The summed E-state index contributed by atoms with van der Waals surface area (Å²) in [5.41, 5.74) is 2.09. The predicted molar refractivity (Wildman–Crippen MR) is 97.1 cm³/mol. The zero-order chi connectivity index (χ0) is 18.8. The Morgan fingerprint density at radius 2 is 2.08 bits per heavy atom. The van der Waals surface area contributed by atoms with Gasteiger partial charge in [-0.15, -0.1) is 10.2 Å². The third-order valence-electron chi connectivity index (χ3n) is 3.59. The normalized spacial score (nSPS) is 12.2. The summed E-state index contributed by atoms with van der Waals surface area (Å²) in [6.07, 6.45) is 0. The molecule has 136 valence electrons. The third-order valence-corrected chi connectivity index (χ3v) is 4.65. The minimum Gasteiger partial charge on any atom is -0.334 e. The Balaban J connectivity index is 1.72. The number of aromatic nitrogens is 5. The first kappa shape index (κ1) is 17.9. The van der Waals surface area contributed by atoms with Crippen molar-refractivity contribution in [3.63, 3.8) is 0 Å². The second kappa shape index (κ2) is 7.16. The predicted octanol–water partition coefficient (Wildman–Crippen LogP) is 2.05. The van der Waals surface area contributed by atoms with Crippen molar-refractivity contribution in [2.75, 3.05) is 11.2 Å². The maximum absolute atomic E-state index is 13.2. The molecule has 10 heteroatoms. The lowest BCUT2D eigenvalue weighted by atomic mass is 10.3. The molecule has 0 bridgehead atoms. The summed E-state index contributed by atoms with van der Waals surface area (Å²) in [6.45, 7) is 5.46. The minimum absolute atomic E-state index is 0.295. The lowest BCUT2D eigenvalue weighted by Gasteiger charge is -2.11. The number of nitrogen functional groups attached to an aromatic ring is 1. The standard InChI is InChI=1S/C16H18FN7OS/c1-9-7-10(2)24(22-9)15-20-21-16(23(15)18)26-11(3)14(25)19-13-6-4-5-12(17)8-13/h4-8,11H,18H2,1-3H3,(H,19,25)/t11-/m0/s1. The van der Waals surface area contributed by atoms with Gasteiger partial charge in [0, 0.05) is 11.4 Å². The van der Waals surface area contributed by atoms with Crippen molar-refractivity contribution in [1.82, 2.24) is 24.7 Å². The Morgan fingerprint density at radius 1 is 1.31 bits per heavy atom. The molecular weight excluding hydrogens is 357 g/mol. The van der Waals surface area contributed by atoms with Crippen LogP contribution in [0.5, 0.6) is 0 Å². The third kappa shape index (κ3) is 3.69. The molecule has 1 atom stereocenters. The lowest BCUT2D eigenvalue weighted by molar-refractivity contribution is -0.115. The van der Waals surface area contributed by atoms with Gasteiger partial charge < -0.3 is 11.2 Å². The van der Waals surface area contributed by atoms with Gasteiger partial charge in [0.25, 0.3) is 5.95 Å². The molecule has 1 aromatic carbocycles. The number of carbonyl (C=O) groups is 1. The van der Waals surface area contributed by atoms with Gasteiger partial charge in [0.05, 0.1) is 10.9 Å². The highest BCUT2D eigenvalue weighted by Crippen LogP contribution is 2.23. The average Bonchev–Trinajstić information content (AvgIpc) is 3.09. The number of anilines is 1. The Hall–Kier alpha value is -2.88. The molecule has 2 heterocycles. The van der Waals surface area contributed by atoms with Crippen LogP contribution in [0.4, 0.5) is 10.1 Å². The SMILES string of the molecule is Cc1cc(C)n(-c2nnc(S[C@@H](C)C(=O)Nc3cccc(F)c3)n2N)n1. The number of nitrogens with zero attached hydrogens (tertiary/aromatic N) is 5. The molecule has 3 aromatic rings. The zero-order valence-corrected chi connectivity index (χ0v) is 15.3. The van der Waals surface area contributed by atoms with E-state index in [1.54, 1.807) is 17.7 Å². The van der Waals surface area contributed by atoms with Crippen molar-refractivity contribution in [1.29, 1.82) is 0 Å². The molecule has 0 fully saturated rings. The van der Waals surface area contributed by atoms with Gasteiger partial charge in [0.15, 0.2) is 0 Å². The summed E-state index contributed by atoms with van der Waals surface area (Å²) in [7, 11) is 0. The Labute approximate surface area is 153 Å². The topological polar surface area (TPSA) is 104 Å². The van der Waals surface area contributed by atoms with Crippen LogP contribution >= 0.6 is 11.8 Å². The molecule has 26 heavy (non-hydrogen) atoms. The molecule has 0 aliphatic carbocycles. The summed E-state index contributed by atoms with van der Waals surface area (Å²) < 4.78 is 16.1. The van der Waals surface area contributed by atoms with Gasteiger partial charge in [0.2, 0.25) is 11.1 Å². The van der Waals surface area contributed by atoms with E-state index in [0.717, 1.165) is 23.1 Å². The van der Waals surface area contributed by atoms with E-state index in [9.17, 15) is 9.18 Å². The Morgan fingerprint density at radius 3 is 2.73 bits per heavy atom. The van der Waals surface area contributed by atoms with Crippen LogP contribution in [-0.4, -0.2) is 35.8 Å². The molecule has 3 rings (SSSR count). The maximum atomic E-state index is 13.2. The Bertz CT molecular complexity index is 952. The quantitative estimate of drug-likeness (QED) is 0.523. The summed E-state index contributed by atoms with van der Waals surface area (Å²) in [5, 5.41) is 14.9. The fourth-order valence-electron chi connectivity index (χ4n) is 2.35. The van der Waals surface area contributed by atoms with E-state index in [1.807, 2.05) is 19.9 Å². The first-order chi connectivity index (χ1) is 12.3. The molecule has 0 spiro atoms. The van der Waals surface area contributed by atoms with Crippen molar-refractivity contribution >= 4 is 23.4 Å². The van der Waals surface area contributed by atoms with Crippen LogP contribution < -0.4 is 11.2 Å². The van der Waals surface area contributed by atoms with Gasteiger partial charge in [-0.2, -0.15) is 5.10 Å². The monoisotopic (exact) mass is 375 g/mol. The molecule has 8 nitrogen and oxygen atoms in total. The van der Waals surface area contributed by atoms with E-state index >= 15 is 0 Å². The van der Waals surface area contributed by atoms with Gasteiger partial charge in [-0.25, -0.2) is 13.7 Å². The highest BCUT2D eigenvalue weighted by Gasteiger charge is 2.21. The van der Waals surface area contributed by atoms with Crippen molar-refractivity contribution < 1.29 is 9.18 Å². The van der Waals surface area contributed by atoms with Crippen LogP contribution in [0, 0.1) is 19.7 Å². The molecule has 0 aliphatic heterocycles. The molecule has 0 saturated carbocycles. The summed E-state index contributed by atoms with van der Waals surface area (Å²) in [6, 6.07) is 7.61. The molecule has 0 saturated heterocycles. The van der Waals surface area contributed by atoms with E-state index in [4.69, 9.17) is 5.84 Å². The second-order valence-electron chi connectivity index (χ2n) is 5.75. The van der Waals surface area contributed by atoms with Gasteiger partial charge in [0.1, 0.15) is 5.82 Å². The second-order valence-corrected chi connectivity index (χ2v) is 7.06. The highest BCUT2D eigenvalue weighted by molar-refractivity contribution is 8.00. The van der Waals surface area contributed by atoms with E-state index in [2.05, 4.69) is 20.6 Å². The van der Waals surface area contributed by atoms with E-state index in [-0.39, 0.29) is 5.91 Å². The summed E-state index contributed by atoms with van der Waals surface area (Å²) in [4.78, 5) is 12.3. The van der Waals surface area contributed by atoms with Crippen LogP contribution in [0.2, 0.25) is 0 Å². The number of nitrogens with one attached hydrogen (secondary N) is 1. The molecule has 2 aromatic heterocycles. The first-order valence-electron chi connectivity index (χ1n) is 7.82. The van der Waals surface area contributed by atoms with Crippen molar-refractivity contribution in [2.24, 2.45) is 0 Å². The number of nitrogens with two attached hydrogens (primary N) is 1. The summed E-state index contributed by atoms with van der Waals surface area (Å²) in [5.74, 6) is 5.71. The fourth-order valence-corrected chi connectivity index (χ4v) is 3.11. The van der Waals surface area contributed by atoms with Crippen LogP contribution in [0.3, 0.4) is 0 Å². The largest absolute Gasteiger partial charge is 0.334 e. The van der Waals surface area contributed by atoms with E-state index < -0.39 is 11.1 Å². The van der Waals surface area contributed by atoms with E-state index in [0.29, 0.717) is 16.8 Å². The van der Waals surface area contributed by atoms with Gasteiger partial charge in [-0.05, 0) is 45.0 Å². The van der Waals surface area contributed by atoms with Crippen LogP contribution in [-0.2, 0) is 4.79 Å². The zero-order valence-electron chi connectivity index (χ0n) is 14.5. The Kier molecular flexibility index (Phi) is 4.94. The van der Waals surface area contributed by atoms with Gasteiger partial charge >= 0.3 is 0 Å². The van der Waals surface area contributed by atoms with Crippen molar-refractivity contribution in [2.45, 2.75) is 31.2 Å². The molecule has 0 aliphatic rings. The van der Waals surface area contributed by atoms with Crippen molar-refractivity contribution in [3.8, 4) is 5.95 Å². The van der Waals surface area contributed by atoms with Gasteiger partial charge in [-0.1, -0.05) is 17.8 Å². The number of hydrogen-bond donors (Lipinski definition) is 2. The smallest absolute Gasteiger partial charge is 0.271 e. The number of amides is 1. The summed E-state index contributed by atoms with van der Waals surface area (Å²) >= 11 is 1.15. The van der Waals surface area contributed by atoms with Crippen LogP contribution in [0.25, 0.3) is 5.95 Å². The van der Waals surface area contributed by atoms with E-state index in [1.165, 1.54) is 22.9 Å². The number of halogens is 1. The first-order valence-corrected chi connectivity index (χ1v) is 8.70. The van der Waals surface area contributed by atoms with Crippen molar-refractivity contribution in [3.05, 3.63) is 47.5 Å². The number of carbonyl (C=O) groups excluding carboxylic acids is 1. The fraction of sp³-hybridized carbons (Fsp3) is 0.250. The molecule has 3 N–H and O–H groups in total. The van der Waals surface area contributed by atoms with Gasteiger partial charge in [-0.3, -0.25) is 4.79 Å².